The molecule has 13 nitrogen and oxygen atoms in total. The average molecular weight is 746 g/mol. The number of benzene rings is 2. The van der Waals surface area contributed by atoms with Gasteiger partial charge in [-0.3, -0.25) is 25.2 Å². The number of nitrogens with zero attached hydrogens (tertiary/aromatic N) is 1. The predicted molar refractivity (Wildman–Crippen MR) is 190 cm³/mol. The summed E-state index contributed by atoms with van der Waals surface area (Å²) in [6.45, 7) is 13.2. The van der Waals surface area contributed by atoms with Crippen molar-refractivity contribution < 1.29 is 47.0 Å². The van der Waals surface area contributed by atoms with Crippen LogP contribution in [0.2, 0.25) is 0 Å². The Kier molecular flexibility index (Phi) is 12.1. The van der Waals surface area contributed by atoms with Gasteiger partial charge in [0.2, 0.25) is 0 Å². The molecule has 1 atom stereocenters. The highest BCUT2D eigenvalue weighted by molar-refractivity contribution is 7.99. The van der Waals surface area contributed by atoms with E-state index in [0.29, 0.717) is 47.9 Å². The van der Waals surface area contributed by atoms with Gasteiger partial charge in [-0.15, -0.1) is 11.8 Å². The fourth-order valence-electron chi connectivity index (χ4n) is 5.50. The van der Waals surface area contributed by atoms with Gasteiger partial charge in [0.1, 0.15) is 28.5 Å². The molecule has 4 rings (SSSR count). The molecule has 282 valence electrons. The number of hydrogen-bond donors (Lipinski definition) is 4. The maximum absolute atomic E-state index is 14.1. The van der Waals surface area contributed by atoms with Gasteiger partial charge in [0.05, 0.1) is 12.2 Å². The van der Waals surface area contributed by atoms with Crippen LogP contribution >= 0.6 is 11.8 Å². The number of ether oxygens (including phenoxy) is 3. The standard InChI is InChI=1S/C36H45F2N5O8S/c1-8-36(37,38)49-24-14-11-22(12-15-24)20-43-26-19-23(13-16-27(26)52-21-25(29(43)45)39-31(47)50-33(2,3)4)28(44)41-42-30(46)35(17-9-10-18-35)40-32(48)51-34(5,6)7/h8,11-16,19,25H,1,9-10,17-18,20-21H2,2-7H3,(H,39,47)(H,40,48)(H,41,44)(H,42,46)/t25-/m0/s1. The zero-order chi connectivity index (χ0) is 38.5. The summed E-state index contributed by atoms with van der Waals surface area (Å²) in [4.78, 5) is 68.1. The average Bonchev–Trinajstić information content (AvgIpc) is 3.47. The fraction of sp³-hybridized carbons (Fsp3) is 0.472. The molecule has 1 heterocycles. The third-order valence-corrected chi connectivity index (χ3v) is 9.01. The molecular weight excluding hydrogens is 700 g/mol. The Balaban J connectivity index is 1.57. The molecule has 16 heteroatoms. The highest BCUT2D eigenvalue weighted by atomic mass is 32.2. The first-order valence-electron chi connectivity index (χ1n) is 16.7. The van der Waals surface area contributed by atoms with Gasteiger partial charge in [-0.1, -0.05) is 31.6 Å². The Bertz CT molecular complexity index is 1680. The summed E-state index contributed by atoms with van der Waals surface area (Å²) in [7, 11) is 0. The minimum atomic E-state index is -3.58. The molecule has 2 aromatic rings. The molecule has 1 fully saturated rings. The summed E-state index contributed by atoms with van der Waals surface area (Å²) >= 11 is 1.27. The lowest BCUT2D eigenvalue weighted by molar-refractivity contribution is -0.131. The number of thioether (sulfide) groups is 1. The number of alkyl halides is 2. The minimum absolute atomic E-state index is 0.0717. The van der Waals surface area contributed by atoms with Crippen LogP contribution in [0.15, 0.2) is 60.0 Å². The smallest absolute Gasteiger partial charge is 0.419 e. The number of rotatable bonds is 9. The summed E-state index contributed by atoms with van der Waals surface area (Å²) in [5.41, 5.74) is 2.92. The van der Waals surface area contributed by atoms with Crippen molar-refractivity contribution in [2.75, 3.05) is 10.7 Å². The SMILES string of the molecule is C=CC(F)(F)Oc1ccc(CN2C(=O)[C@@H](NC(=O)OC(C)(C)C)CSc3ccc(C(=O)NNC(=O)C4(NC(=O)OC(C)(C)C)CCCC4)cc32)cc1. The van der Waals surface area contributed by atoms with E-state index in [2.05, 4.69) is 32.8 Å². The van der Waals surface area contributed by atoms with E-state index < -0.39 is 58.8 Å². The lowest BCUT2D eigenvalue weighted by atomic mass is 9.97. The molecule has 4 N–H and O–H groups in total. The molecule has 0 radical (unpaired) electrons. The van der Waals surface area contributed by atoms with Crippen LogP contribution in [0.4, 0.5) is 24.1 Å². The summed E-state index contributed by atoms with van der Waals surface area (Å²) in [6.07, 6.45) is -2.68. The molecule has 1 aliphatic heterocycles. The number of hydrazine groups is 1. The van der Waals surface area contributed by atoms with Crippen molar-refractivity contribution in [3.8, 4) is 5.75 Å². The van der Waals surface area contributed by atoms with Crippen molar-refractivity contribution in [2.24, 2.45) is 0 Å². The van der Waals surface area contributed by atoms with E-state index in [9.17, 15) is 32.8 Å². The predicted octanol–water partition coefficient (Wildman–Crippen LogP) is 5.97. The normalized spacial score (nSPS) is 17.2. The molecule has 0 spiro atoms. The summed E-state index contributed by atoms with van der Waals surface area (Å²) in [5, 5.41) is 5.31. The molecule has 52 heavy (non-hydrogen) atoms. The second-order valence-electron chi connectivity index (χ2n) is 14.5. The minimum Gasteiger partial charge on any atom is -0.444 e. The first-order chi connectivity index (χ1) is 24.2. The van der Waals surface area contributed by atoms with Gasteiger partial charge in [-0.2, -0.15) is 8.78 Å². The van der Waals surface area contributed by atoms with E-state index in [1.165, 1.54) is 53.1 Å². The Morgan fingerprint density at radius 1 is 0.942 bits per heavy atom. The van der Waals surface area contributed by atoms with Crippen molar-refractivity contribution in [1.29, 1.82) is 0 Å². The van der Waals surface area contributed by atoms with E-state index in [0.717, 1.165) is 0 Å². The topological polar surface area (TPSA) is 164 Å². The molecule has 2 aromatic carbocycles. The van der Waals surface area contributed by atoms with Crippen LogP contribution in [0.5, 0.6) is 5.75 Å². The van der Waals surface area contributed by atoms with E-state index in [4.69, 9.17) is 9.47 Å². The molecule has 1 aliphatic carbocycles. The van der Waals surface area contributed by atoms with Crippen molar-refractivity contribution in [1.82, 2.24) is 21.5 Å². The molecule has 0 unspecified atom stereocenters. The van der Waals surface area contributed by atoms with Gasteiger partial charge in [-0.05, 0) is 90.3 Å². The van der Waals surface area contributed by atoms with Crippen LogP contribution in [-0.2, 0) is 25.6 Å². The van der Waals surface area contributed by atoms with E-state index in [1.807, 2.05) is 0 Å². The maximum Gasteiger partial charge on any atom is 0.419 e. The zero-order valence-corrected chi connectivity index (χ0v) is 30.8. The number of carbonyl (C=O) groups excluding carboxylic acids is 5. The van der Waals surface area contributed by atoms with Crippen LogP contribution in [0.25, 0.3) is 0 Å². The molecule has 0 aromatic heterocycles. The zero-order valence-electron chi connectivity index (χ0n) is 30.0. The Labute approximate surface area is 305 Å². The number of hydrogen-bond acceptors (Lipinski definition) is 9. The quantitative estimate of drug-likeness (QED) is 0.179. The van der Waals surface area contributed by atoms with E-state index >= 15 is 0 Å². The number of carbonyl (C=O) groups is 5. The monoisotopic (exact) mass is 745 g/mol. The molecule has 2 aliphatic rings. The third kappa shape index (κ3) is 10.8. The summed E-state index contributed by atoms with van der Waals surface area (Å²) < 4.78 is 42.8. The van der Waals surface area contributed by atoms with Crippen LogP contribution in [0, 0.1) is 0 Å². The van der Waals surface area contributed by atoms with Gasteiger partial charge in [-0.25, -0.2) is 9.59 Å². The second-order valence-corrected chi connectivity index (χ2v) is 15.5. The summed E-state index contributed by atoms with van der Waals surface area (Å²) in [6, 6.07) is 9.27. The second kappa shape index (κ2) is 15.8. The molecule has 1 saturated carbocycles. The Morgan fingerprint density at radius 3 is 2.15 bits per heavy atom. The van der Waals surface area contributed by atoms with Gasteiger partial charge in [0.25, 0.3) is 17.7 Å². The first-order valence-corrected chi connectivity index (χ1v) is 17.7. The third-order valence-electron chi connectivity index (χ3n) is 7.85. The van der Waals surface area contributed by atoms with Crippen molar-refractivity contribution in [3.63, 3.8) is 0 Å². The number of alkyl carbamates (subject to hydrolysis) is 2. The molecule has 0 saturated heterocycles. The largest absolute Gasteiger partial charge is 0.444 e. The van der Waals surface area contributed by atoms with E-state index in [1.54, 1.807) is 47.6 Å². The van der Waals surface area contributed by atoms with Crippen molar-refractivity contribution >= 4 is 47.4 Å². The van der Waals surface area contributed by atoms with Crippen LogP contribution in [-0.4, -0.2) is 64.6 Å². The van der Waals surface area contributed by atoms with Crippen LogP contribution in [0.1, 0.15) is 83.1 Å². The van der Waals surface area contributed by atoms with Gasteiger partial charge < -0.3 is 29.7 Å². The number of halogens is 2. The van der Waals surface area contributed by atoms with E-state index in [-0.39, 0.29) is 23.6 Å². The highest BCUT2D eigenvalue weighted by Crippen LogP contribution is 2.37. The van der Waals surface area contributed by atoms with Gasteiger partial charge in [0, 0.05) is 22.3 Å². The van der Waals surface area contributed by atoms with Crippen LogP contribution in [0.3, 0.4) is 0 Å². The lowest BCUT2D eigenvalue weighted by Gasteiger charge is -2.30. The van der Waals surface area contributed by atoms with Gasteiger partial charge in [0.15, 0.2) is 0 Å². The van der Waals surface area contributed by atoms with Gasteiger partial charge >= 0.3 is 18.3 Å². The Hall–Kier alpha value is -4.86. The van der Waals surface area contributed by atoms with Crippen LogP contribution < -0.4 is 31.1 Å². The summed E-state index contributed by atoms with van der Waals surface area (Å²) in [5.74, 6) is -1.81. The number of fused-ring (bicyclic) bond motifs is 1. The number of anilines is 1. The number of amides is 5. The Morgan fingerprint density at radius 2 is 1.56 bits per heavy atom. The highest BCUT2D eigenvalue weighted by Gasteiger charge is 2.44. The maximum atomic E-state index is 14.1. The lowest BCUT2D eigenvalue weighted by Crippen LogP contribution is -2.60. The molecule has 0 bridgehead atoms. The fourth-order valence-corrected chi connectivity index (χ4v) is 6.55. The van der Waals surface area contributed by atoms with Crippen molar-refractivity contribution in [3.05, 3.63) is 66.2 Å². The molecule has 5 amide bonds. The molecular formula is C36H45F2N5O8S. The first kappa shape index (κ1) is 39.9. The van der Waals surface area contributed by atoms with Crippen molar-refractivity contribution in [2.45, 2.75) is 108 Å². The number of nitrogens with one attached hydrogen (secondary N) is 4.